The van der Waals surface area contributed by atoms with E-state index in [1.807, 2.05) is 50.3 Å². The molecule has 1 amide bonds. The van der Waals surface area contributed by atoms with Gasteiger partial charge in [0.2, 0.25) is 0 Å². The second-order valence-electron chi connectivity index (χ2n) is 11.4. The molecule has 0 aliphatic carbocycles. The van der Waals surface area contributed by atoms with E-state index in [4.69, 9.17) is 9.47 Å². The molecular formula is C39H41NO7. The number of carbonyl (C=O) groups excluding carboxylic acids is 5. The molecule has 3 rings (SSSR count). The molecule has 244 valence electrons. The Morgan fingerprint density at radius 2 is 1.51 bits per heavy atom. The van der Waals surface area contributed by atoms with Gasteiger partial charge >= 0.3 is 11.9 Å². The van der Waals surface area contributed by atoms with Crippen LogP contribution in [0.1, 0.15) is 48.0 Å². The van der Waals surface area contributed by atoms with Gasteiger partial charge in [0, 0.05) is 18.9 Å². The van der Waals surface area contributed by atoms with E-state index in [9.17, 15) is 24.0 Å². The first-order valence-electron chi connectivity index (χ1n) is 15.4. The summed E-state index contributed by atoms with van der Waals surface area (Å²) in [7, 11) is 0. The van der Waals surface area contributed by atoms with Gasteiger partial charge < -0.3 is 9.47 Å². The van der Waals surface area contributed by atoms with Crippen molar-refractivity contribution in [2.75, 3.05) is 13.2 Å². The maximum absolute atomic E-state index is 13.3. The molecule has 0 aromatic carbocycles. The van der Waals surface area contributed by atoms with Crippen molar-refractivity contribution in [3.05, 3.63) is 142 Å². The van der Waals surface area contributed by atoms with Crippen molar-refractivity contribution >= 4 is 29.2 Å². The van der Waals surface area contributed by atoms with E-state index < -0.39 is 23.6 Å². The minimum absolute atomic E-state index is 0.0141. The van der Waals surface area contributed by atoms with E-state index in [0.717, 1.165) is 21.6 Å². The Labute approximate surface area is 276 Å². The summed E-state index contributed by atoms with van der Waals surface area (Å²) in [6, 6.07) is 0. The normalized spacial score (nSPS) is 21.3. The number of hydrogen-bond acceptors (Lipinski definition) is 7. The molecule has 0 saturated heterocycles. The highest BCUT2D eigenvalue weighted by Gasteiger charge is 2.34. The summed E-state index contributed by atoms with van der Waals surface area (Å²) in [6.07, 6.45) is 27.5. The van der Waals surface area contributed by atoms with Crippen molar-refractivity contribution in [3.8, 4) is 0 Å². The number of amides is 1. The van der Waals surface area contributed by atoms with E-state index >= 15 is 0 Å². The quantitative estimate of drug-likeness (QED) is 0.214. The molecule has 47 heavy (non-hydrogen) atoms. The number of Topliss-reactive ketones (excluding diaryl/α,β-unsaturated/α-hetero) is 2. The van der Waals surface area contributed by atoms with E-state index in [1.165, 1.54) is 12.2 Å². The molecule has 0 N–H and O–H groups in total. The zero-order chi connectivity index (χ0) is 34.5. The zero-order valence-corrected chi connectivity index (χ0v) is 27.7. The van der Waals surface area contributed by atoms with Crippen LogP contribution in [0.15, 0.2) is 142 Å². The van der Waals surface area contributed by atoms with Crippen molar-refractivity contribution < 1.29 is 33.4 Å². The van der Waals surface area contributed by atoms with Gasteiger partial charge in [-0.2, -0.15) is 0 Å². The molecule has 0 aromatic rings. The van der Waals surface area contributed by atoms with Crippen LogP contribution >= 0.6 is 0 Å². The highest BCUT2D eigenvalue weighted by atomic mass is 16.5. The molecule has 0 spiro atoms. The lowest BCUT2D eigenvalue weighted by Gasteiger charge is -2.25. The number of nitrogens with zero attached hydrogens (tertiary/aromatic N) is 1. The Hall–Kier alpha value is -5.37. The van der Waals surface area contributed by atoms with Crippen molar-refractivity contribution in [1.82, 2.24) is 4.90 Å². The van der Waals surface area contributed by atoms with Crippen LogP contribution in [-0.4, -0.2) is 47.3 Å². The van der Waals surface area contributed by atoms with Gasteiger partial charge in [0.25, 0.3) is 5.78 Å². The Morgan fingerprint density at radius 1 is 0.745 bits per heavy atom. The predicted molar refractivity (Wildman–Crippen MR) is 182 cm³/mol. The number of cyclic esters (lactones) is 1. The molecule has 2 bridgehead atoms. The molecule has 0 radical (unpaired) electrons. The number of fused-ring (bicyclic) bond motifs is 3. The average Bonchev–Trinajstić information content (AvgIpc) is 3.05. The Balaban J connectivity index is 1.91. The third-order valence-corrected chi connectivity index (χ3v) is 7.28. The summed E-state index contributed by atoms with van der Waals surface area (Å²) < 4.78 is 11.2. The summed E-state index contributed by atoms with van der Waals surface area (Å²) in [5.41, 5.74) is 3.47. The highest BCUT2D eigenvalue weighted by molar-refractivity contribution is 6.43. The number of esters is 1. The Bertz CT molecular complexity index is 1690. The molecule has 8 nitrogen and oxygen atoms in total. The Morgan fingerprint density at radius 3 is 2.28 bits per heavy atom. The summed E-state index contributed by atoms with van der Waals surface area (Å²) in [5.74, 6) is -3.25. The fourth-order valence-corrected chi connectivity index (χ4v) is 4.57. The largest absolute Gasteiger partial charge is 0.461 e. The first-order valence-corrected chi connectivity index (χ1v) is 15.4. The lowest BCUT2D eigenvalue weighted by Crippen LogP contribution is -2.41. The summed E-state index contributed by atoms with van der Waals surface area (Å²) in [5, 5.41) is 0. The monoisotopic (exact) mass is 635 g/mol. The second kappa shape index (κ2) is 17.4. The minimum Gasteiger partial charge on any atom is -0.461 e. The molecule has 0 fully saturated rings. The fourth-order valence-electron chi connectivity index (χ4n) is 4.57. The van der Waals surface area contributed by atoms with E-state index in [0.29, 0.717) is 16.9 Å². The van der Waals surface area contributed by atoms with Crippen LogP contribution in [0.3, 0.4) is 0 Å². The van der Waals surface area contributed by atoms with Gasteiger partial charge in [0.15, 0.2) is 11.5 Å². The molecule has 3 aliphatic heterocycles. The first kappa shape index (κ1) is 36.1. The number of ether oxygens (including phenoxy) is 2. The fraction of sp³-hybridized carbons (Fsp3) is 0.256. The summed E-state index contributed by atoms with van der Waals surface area (Å²) in [4.78, 5) is 66.1. The molecule has 0 saturated carbocycles. The van der Waals surface area contributed by atoms with Crippen molar-refractivity contribution in [3.63, 3.8) is 0 Å². The van der Waals surface area contributed by atoms with Crippen molar-refractivity contribution in [2.45, 2.75) is 48.0 Å². The van der Waals surface area contributed by atoms with Crippen molar-refractivity contribution in [2.24, 2.45) is 5.92 Å². The minimum atomic E-state index is -0.946. The summed E-state index contributed by atoms with van der Waals surface area (Å²) in [6.45, 7) is 10.5. The number of hydrogen-bond donors (Lipinski definition) is 0. The molecule has 3 heterocycles. The van der Waals surface area contributed by atoms with Gasteiger partial charge in [0.1, 0.15) is 17.2 Å². The van der Waals surface area contributed by atoms with Gasteiger partial charge in [-0.3, -0.25) is 24.1 Å². The lowest BCUT2D eigenvalue weighted by atomic mass is 10.0. The maximum atomic E-state index is 13.3. The van der Waals surface area contributed by atoms with Gasteiger partial charge in [-0.1, -0.05) is 96.6 Å². The average molecular weight is 636 g/mol. The van der Waals surface area contributed by atoms with Crippen LogP contribution in [0.5, 0.6) is 0 Å². The van der Waals surface area contributed by atoms with Gasteiger partial charge in [-0.15, -0.1) is 0 Å². The van der Waals surface area contributed by atoms with E-state index in [1.54, 1.807) is 76.3 Å². The topological polar surface area (TPSA) is 107 Å². The third-order valence-electron chi connectivity index (χ3n) is 7.28. The van der Waals surface area contributed by atoms with Crippen LogP contribution in [-0.2, 0) is 33.4 Å². The van der Waals surface area contributed by atoms with Gasteiger partial charge in [0.05, 0.1) is 6.61 Å². The second-order valence-corrected chi connectivity index (χ2v) is 11.4. The third kappa shape index (κ3) is 10.9. The van der Waals surface area contributed by atoms with Crippen LogP contribution in [0.25, 0.3) is 0 Å². The standard InChI is InChI=1S/C39H41NO7/c1-26-12-8-7-9-13-27(2)24-30(5)34(41)20-16-28(3)25-31(6)35(42)21-23-46-39(45)33-14-10-11-22-40(33)38(44)36(43)37-29(4)17-19-32(47-37)18-15-26/h7-20,24-25,31H,21-23H2,1-6H3. The van der Waals surface area contributed by atoms with Crippen LogP contribution < -0.4 is 0 Å². The van der Waals surface area contributed by atoms with Crippen LogP contribution in [0, 0.1) is 5.92 Å². The molecule has 0 aromatic heterocycles. The van der Waals surface area contributed by atoms with Crippen LogP contribution in [0.4, 0.5) is 0 Å². The number of rotatable bonds is 0. The van der Waals surface area contributed by atoms with E-state index in [2.05, 4.69) is 0 Å². The summed E-state index contributed by atoms with van der Waals surface area (Å²) >= 11 is 0. The molecule has 1 atom stereocenters. The maximum Gasteiger partial charge on any atom is 0.355 e. The SMILES string of the molecule is CC1=CC=C2C=CC(C)=C(O2)C(=O)C(=O)N2CC=CC=C2C(=O)OCCC(=O)C(C)C=C(C)C=CC(=O)C(C)=CC(C)=CC=CC=C1. The van der Waals surface area contributed by atoms with Crippen LogP contribution in [0.2, 0.25) is 0 Å². The van der Waals surface area contributed by atoms with Crippen molar-refractivity contribution in [1.29, 1.82) is 0 Å². The Kier molecular flexibility index (Phi) is 13.3. The highest BCUT2D eigenvalue weighted by Crippen LogP contribution is 2.23. The smallest absolute Gasteiger partial charge is 0.355 e. The van der Waals surface area contributed by atoms with Gasteiger partial charge in [-0.05, 0) is 70.1 Å². The van der Waals surface area contributed by atoms with E-state index in [-0.39, 0.29) is 42.6 Å². The first-order chi connectivity index (χ1) is 22.4. The number of ketones is 3. The molecular weight excluding hydrogens is 594 g/mol. The molecule has 8 heteroatoms. The lowest BCUT2D eigenvalue weighted by molar-refractivity contribution is -0.148. The zero-order valence-electron chi connectivity index (χ0n) is 27.7. The van der Waals surface area contributed by atoms with Gasteiger partial charge in [-0.25, -0.2) is 4.79 Å². The predicted octanol–water partition coefficient (Wildman–Crippen LogP) is 6.76. The number of allylic oxidation sites excluding steroid dienone is 20. The number of carbonyl (C=O) groups is 5. The molecule has 3 aliphatic rings. The molecule has 1 unspecified atom stereocenters.